The Labute approximate surface area is 129 Å². The average Bonchev–Trinajstić information content (AvgIpc) is 2.76. The molecule has 0 spiro atoms. The first-order chi connectivity index (χ1) is 10.0. The first kappa shape index (κ1) is 16.5. The number of hydrogen-bond donors (Lipinski definition) is 1. The van der Waals surface area contributed by atoms with Gasteiger partial charge in [0, 0.05) is 13.1 Å². The van der Waals surface area contributed by atoms with E-state index in [0.29, 0.717) is 17.2 Å². The van der Waals surface area contributed by atoms with Gasteiger partial charge in [-0.15, -0.1) is 0 Å². The normalized spacial score (nSPS) is 12.4. The molecule has 2 N–H and O–H groups in total. The number of sulfonamides is 2. The predicted molar refractivity (Wildman–Crippen MR) is 81.6 cm³/mol. The zero-order valence-electron chi connectivity index (χ0n) is 12.3. The summed E-state index contributed by atoms with van der Waals surface area (Å²) in [6.45, 7) is 3.23. The minimum Gasteiger partial charge on any atom is -0.465 e. The fourth-order valence-electron chi connectivity index (χ4n) is 2.00. The van der Waals surface area contributed by atoms with E-state index in [1.807, 2.05) is 0 Å². The van der Waals surface area contributed by atoms with Crippen LogP contribution in [0.5, 0.6) is 0 Å². The highest BCUT2D eigenvalue weighted by molar-refractivity contribution is 7.92. The molecule has 0 saturated heterocycles. The lowest BCUT2D eigenvalue weighted by molar-refractivity contribution is 0.496. The van der Waals surface area contributed by atoms with E-state index in [9.17, 15) is 16.8 Å². The van der Waals surface area contributed by atoms with Gasteiger partial charge in [0.1, 0.15) is 16.4 Å². The van der Waals surface area contributed by atoms with E-state index in [0.717, 1.165) is 4.31 Å². The molecule has 1 aromatic carbocycles. The van der Waals surface area contributed by atoms with Gasteiger partial charge in [-0.25, -0.2) is 22.0 Å². The third-order valence-corrected chi connectivity index (χ3v) is 5.98. The molecule has 120 valence electrons. The van der Waals surface area contributed by atoms with Crippen LogP contribution in [0.1, 0.15) is 11.5 Å². The molecule has 0 saturated carbocycles. The van der Waals surface area contributed by atoms with E-state index < -0.39 is 20.0 Å². The Morgan fingerprint density at radius 2 is 1.59 bits per heavy atom. The summed E-state index contributed by atoms with van der Waals surface area (Å²) >= 11 is 0. The van der Waals surface area contributed by atoms with Gasteiger partial charge < -0.3 is 4.42 Å². The molecular weight excluding hydrogens is 328 g/mol. The summed E-state index contributed by atoms with van der Waals surface area (Å²) in [5.41, 5.74) is 0.311. The van der Waals surface area contributed by atoms with Gasteiger partial charge in [0.25, 0.3) is 10.0 Å². The van der Waals surface area contributed by atoms with E-state index in [2.05, 4.69) is 0 Å². The molecule has 0 amide bonds. The Bertz CT molecular complexity index is 896. The summed E-state index contributed by atoms with van der Waals surface area (Å²) in [6, 6.07) is 6.70. The molecule has 0 fully saturated rings. The van der Waals surface area contributed by atoms with Crippen LogP contribution in [0.15, 0.2) is 44.5 Å². The molecule has 9 heteroatoms. The second kappa shape index (κ2) is 5.41. The van der Waals surface area contributed by atoms with Crippen molar-refractivity contribution in [2.75, 3.05) is 11.4 Å². The summed E-state index contributed by atoms with van der Waals surface area (Å²) in [7, 11) is -6.23. The monoisotopic (exact) mass is 344 g/mol. The number of nitrogens with two attached hydrogens (primary N) is 1. The summed E-state index contributed by atoms with van der Waals surface area (Å²) in [4.78, 5) is -0.0135. The molecule has 0 aliphatic rings. The molecule has 0 bridgehead atoms. The van der Waals surface area contributed by atoms with Crippen LogP contribution in [-0.2, 0) is 20.0 Å². The SMILES string of the molecule is Cc1cc(S(=O)(=O)N(C)c2ccc(S(N)(=O)=O)cc2)c(C)o1. The highest BCUT2D eigenvalue weighted by atomic mass is 32.2. The average molecular weight is 344 g/mol. The molecular formula is C13H16N2O5S2. The zero-order valence-corrected chi connectivity index (χ0v) is 13.9. The Morgan fingerprint density at radius 1 is 1.05 bits per heavy atom. The number of hydrogen-bond acceptors (Lipinski definition) is 5. The van der Waals surface area contributed by atoms with Gasteiger partial charge >= 0.3 is 0 Å². The molecule has 2 rings (SSSR count). The maximum Gasteiger partial charge on any atom is 0.267 e. The summed E-state index contributed by atoms with van der Waals surface area (Å²) < 4.78 is 53.9. The van der Waals surface area contributed by atoms with Crippen LogP contribution in [0.3, 0.4) is 0 Å². The maximum atomic E-state index is 12.6. The van der Waals surface area contributed by atoms with Crippen molar-refractivity contribution in [3.63, 3.8) is 0 Å². The number of rotatable bonds is 4. The standard InChI is InChI=1S/C13H16N2O5S2/c1-9-8-13(10(2)20-9)22(18,19)15(3)11-4-6-12(7-5-11)21(14,16)17/h4-8H,1-3H3,(H2,14,16,17). The Kier molecular flexibility index (Phi) is 4.07. The zero-order chi connectivity index (χ0) is 16.7. The predicted octanol–water partition coefficient (Wildman–Crippen LogP) is 1.37. The lowest BCUT2D eigenvalue weighted by atomic mass is 10.3. The topological polar surface area (TPSA) is 111 Å². The van der Waals surface area contributed by atoms with Crippen LogP contribution in [0, 0.1) is 13.8 Å². The third-order valence-electron chi connectivity index (χ3n) is 3.16. The lowest BCUT2D eigenvalue weighted by Crippen LogP contribution is -2.26. The Balaban J connectivity index is 2.43. The van der Waals surface area contributed by atoms with Crippen LogP contribution in [-0.4, -0.2) is 23.9 Å². The van der Waals surface area contributed by atoms with Crippen LogP contribution in [0.25, 0.3) is 0 Å². The van der Waals surface area contributed by atoms with E-state index in [1.165, 1.54) is 37.4 Å². The molecule has 0 unspecified atom stereocenters. The number of primary sulfonamides is 1. The number of furan rings is 1. The summed E-state index contributed by atoms with van der Waals surface area (Å²) in [6.07, 6.45) is 0. The van der Waals surface area contributed by atoms with Crippen LogP contribution in [0.2, 0.25) is 0 Å². The van der Waals surface area contributed by atoms with Gasteiger partial charge in [0.15, 0.2) is 0 Å². The minimum absolute atomic E-state index is 0.0722. The number of nitrogens with zero attached hydrogens (tertiary/aromatic N) is 1. The van der Waals surface area contributed by atoms with Gasteiger partial charge in [-0.2, -0.15) is 0 Å². The Hall–Kier alpha value is -1.84. The van der Waals surface area contributed by atoms with Gasteiger partial charge in [-0.05, 0) is 38.1 Å². The van der Waals surface area contributed by atoms with E-state index in [-0.39, 0.29) is 9.79 Å². The fraction of sp³-hybridized carbons (Fsp3) is 0.231. The minimum atomic E-state index is -3.82. The van der Waals surface area contributed by atoms with Crippen LogP contribution in [0.4, 0.5) is 5.69 Å². The largest absolute Gasteiger partial charge is 0.465 e. The number of anilines is 1. The van der Waals surface area contributed by atoms with Crippen molar-refractivity contribution < 1.29 is 21.3 Å². The van der Waals surface area contributed by atoms with Crippen molar-refractivity contribution in [3.05, 3.63) is 41.9 Å². The molecule has 0 aliphatic heterocycles. The Morgan fingerprint density at radius 3 is 2.00 bits per heavy atom. The van der Waals surface area contributed by atoms with Gasteiger partial charge in [0.2, 0.25) is 10.0 Å². The molecule has 22 heavy (non-hydrogen) atoms. The highest BCUT2D eigenvalue weighted by Crippen LogP contribution is 2.27. The molecule has 2 aromatic rings. The van der Waals surface area contributed by atoms with Gasteiger partial charge in [0.05, 0.1) is 10.6 Å². The molecule has 1 heterocycles. The van der Waals surface area contributed by atoms with E-state index in [1.54, 1.807) is 13.8 Å². The second-order valence-corrected chi connectivity index (χ2v) is 8.29. The van der Waals surface area contributed by atoms with Crippen molar-refractivity contribution in [1.82, 2.24) is 0 Å². The van der Waals surface area contributed by atoms with E-state index in [4.69, 9.17) is 9.56 Å². The number of aryl methyl sites for hydroxylation is 2. The van der Waals surface area contributed by atoms with Gasteiger partial charge in [-0.3, -0.25) is 4.31 Å². The molecule has 0 aliphatic carbocycles. The van der Waals surface area contributed by atoms with Crippen molar-refractivity contribution in [3.8, 4) is 0 Å². The molecule has 7 nitrogen and oxygen atoms in total. The smallest absolute Gasteiger partial charge is 0.267 e. The maximum absolute atomic E-state index is 12.6. The van der Waals surface area contributed by atoms with Crippen molar-refractivity contribution >= 4 is 25.7 Å². The van der Waals surface area contributed by atoms with Crippen molar-refractivity contribution in [2.45, 2.75) is 23.6 Å². The first-order valence-corrected chi connectivity index (χ1v) is 9.21. The van der Waals surface area contributed by atoms with E-state index >= 15 is 0 Å². The molecule has 0 atom stereocenters. The third kappa shape index (κ3) is 3.01. The molecule has 0 radical (unpaired) electrons. The van der Waals surface area contributed by atoms with Crippen molar-refractivity contribution in [2.24, 2.45) is 5.14 Å². The highest BCUT2D eigenvalue weighted by Gasteiger charge is 2.26. The van der Waals surface area contributed by atoms with Gasteiger partial charge in [-0.1, -0.05) is 0 Å². The fourth-order valence-corrected chi connectivity index (χ4v) is 3.93. The first-order valence-electron chi connectivity index (χ1n) is 6.22. The summed E-state index contributed by atoms with van der Waals surface area (Å²) in [5, 5.41) is 5.01. The number of benzene rings is 1. The van der Waals surface area contributed by atoms with Crippen molar-refractivity contribution in [1.29, 1.82) is 0 Å². The van der Waals surface area contributed by atoms with Crippen LogP contribution < -0.4 is 9.44 Å². The quantitative estimate of drug-likeness (QED) is 0.900. The lowest BCUT2D eigenvalue weighted by Gasteiger charge is -2.19. The molecule has 1 aromatic heterocycles. The summed E-state index contributed by atoms with van der Waals surface area (Å²) in [5.74, 6) is 0.791. The van der Waals surface area contributed by atoms with Crippen LogP contribution >= 0.6 is 0 Å². The second-order valence-electron chi connectivity index (χ2n) is 4.79.